The van der Waals surface area contributed by atoms with Crippen LogP contribution in [0, 0.1) is 6.92 Å². The third-order valence-electron chi connectivity index (χ3n) is 2.86. The SMILES string of the molecule is Cc1cnc(C(=O)NCCCN(C(C)C)S(C)(=O)=O)cn1. The fourth-order valence-corrected chi connectivity index (χ4v) is 3.07. The first-order chi connectivity index (χ1) is 9.71. The standard InChI is InChI=1S/C13H22N4O3S/c1-10(2)17(21(4,19)20)7-5-6-14-13(18)12-9-15-11(3)8-16-12/h8-10H,5-7H2,1-4H3,(H,14,18). The predicted molar refractivity (Wildman–Crippen MR) is 80.4 cm³/mol. The van der Waals surface area contributed by atoms with Gasteiger partial charge < -0.3 is 5.32 Å². The summed E-state index contributed by atoms with van der Waals surface area (Å²) in [5.41, 5.74) is 0.997. The lowest BCUT2D eigenvalue weighted by Gasteiger charge is -2.23. The molecule has 1 aromatic heterocycles. The van der Waals surface area contributed by atoms with Crippen molar-refractivity contribution in [2.75, 3.05) is 19.3 Å². The van der Waals surface area contributed by atoms with Crippen LogP contribution in [0.4, 0.5) is 0 Å². The van der Waals surface area contributed by atoms with Crippen LogP contribution in [-0.2, 0) is 10.0 Å². The van der Waals surface area contributed by atoms with Gasteiger partial charge in [0.15, 0.2) is 0 Å². The third-order valence-corrected chi connectivity index (χ3v) is 4.31. The van der Waals surface area contributed by atoms with Gasteiger partial charge in [0.25, 0.3) is 5.91 Å². The number of carbonyl (C=O) groups excluding carboxylic acids is 1. The number of hydrogen-bond acceptors (Lipinski definition) is 5. The van der Waals surface area contributed by atoms with Crippen molar-refractivity contribution in [2.45, 2.75) is 33.2 Å². The van der Waals surface area contributed by atoms with Gasteiger partial charge in [-0.1, -0.05) is 0 Å². The fourth-order valence-electron chi connectivity index (χ4n) is 1.84. The minimum absolute atomic E-state index is 0.0985. The molecule has 8 heteroatoms. The Morgan fingerprint density at radius 3 is 2.48 bits per heavy atom. The van der Waals surface area contributed by atoms with E-state index in [1.165, 1.54) is 23.0 Å². The van der Waals surface area contributed by atoms with Crippen LogP contribution in [0.1, 0.15) is 36.5 Å². The molecule has 1 N–H and O–H groups in total. The highest BCUT2D eigenvalue weighted by atomic mass is 32.2. The van der Waals surface area contributed by atoms with Crippen molar-refractivity contribution in [3.05, 3.63) is 23.8 Å². The van der Waals surface area contributed by atoms with E-state index < -0.39 is 10.0 Å². The largest absolute Gasteiger partial charge is 0.351 e. The van der Waals surface area contributed by atoms with E-state index in [4.69, 9.17) is 0 Å². The van der Waals surface area contributed by atoms with Crippen molar-refractivity contribution < 1.29 is 13.2 Å². The maximum atomic E-state index is 11.8. The van der Waals surface area contributed by atoms with Crippen LogP contribution >= 0.6 is 0 Å². The van der Waals surface area contributed by atoms with Crippen molar-refractivity contribution in [3.63, 3.8) is 0 Å². The van der Waals surface area contributed by atoms with Gasteiger partial charge in [0.2, 0.25) is 10.0 Å². The Morgan fingerprint density at radius 1 is 1.33 bits per heavy atom. The second-order valence-electron chi connectivity index (χ2n) is 5.12. The summed E-state index contributed by atoms with van der Waals surface area (Å²) in [6.07, 6.45) is 4.67. The van der Waals surface area contributed by atoms with Gasteiger partial charge in [0, 0.05) is 25.3 Å². The molecule has 0 spiro atoms. The predicted octanol–water partition coefficient (Wildman–Crippen LogP) is 0.575. The van der Waals surface area contributed by atoms with Crippen LogP contribution in [0.25, 0.3) is 0 Å². The minimum Gasteiger partial charge on any atom is -0.351 e. The average Bonchev–Trinajstić information content (AvgIpc) is 2.37. The highest BCUT2D eigenvalue weighted by Crippen LogP contribution is 2.05. The van der Waals surface area contributed by atoms with Crippen molar-refractivity contribution in [3.8, 4) is 0 Å². The number of aromatic nitrogens is 2. The Hall–Kier alpha value is -1.54. The van der Waals surface area contributed by atoms with Gasteiger partial charge in [0.1, 0.15) is 5.69 Å². The van der Waals surface area contributed by atoms with Crippen molar-refractivity contribution >= 4 is 15.9 Å². The van der Waals surface area contributed by atoms with E-state index in [0.29, 0.717) is 19.5 Å². The molecular weight excluding hydrogens is 292 g/mol. The van der Waals surface area contributed by atoms with Crippen molar-refractivity contribution in [1.82, 2.24) is 19.6 Å². The summed E-state index contributed by atoms with van der Waals surface area (Å²) >= 11 is 0. The maximum absolute atomic E-state index is 11.8. The van der Waals surface area contributed by atoms with Crippen molar-refractivity contribution in [2.24, 2.45) is 0 Å². The highest BCUT2D eigenvalue weighted by molar-refractivity contribution is 7.88. The number of nitrogens with one attached hydrogen (secondary N) is 1. The van der Waals surface area contributed by atoms with E-state index in [-0.39, 0.29) is 17.6 Å². The molecule has 21 heavy (non-hydrogen) atoms. The van der Waals surface area contributed by atoms with E-state index in [1.807, 2.05) is 13.8 Å². The Bertz CT molecular complexity index is 570. The molecule has 0 radical (unpaired) electrons. The van der Waals surface area contributed by atoms with Gasteiger partial charge in [-0.15, -0.1) is 0 Å². The molecule has 0 aliphatic heterocycles. The van der Waals surface area contributed by atoms with Gasteiger partial charge in [0.05, 0.1) is 18.1 Å². The highest BCUT2D eigenvalue weighted by Gasteiger charge is 2.19. The van der Waals surface area contributed by atoms with Crippen LogP contribution < -0.4 is 5.32 Å². The molecule has 0 atom stereocenters. The molecule has 1 aromatic rings. The molecule has 0 aliphatic rings. The molecular formula is C13H22N4O3S. The maximum Gasteiger partial charge on any atom is 0.271 e. The van der Waals surface area contributed by atoms with Gasteiger partial charge >= 0.3 is 0 Å². The summed E-state index contributed by atoms with van der Waals surface area (Å²) < 4.78 is 24.6. The second kappa shape index (κ2) is 7.46. The molecule has 0 saturated carbocycles. The van der Waals surface area contributed by atoms with E-state index >= 15 is 0 Å². The van der Waals surface area contributed by atoms with E-state index in [2.05, 4.69) is 15.3 Å². The second-order valence-corrected chi connectivity index (χ2v) is 7.05. The lowest BCUT2D eigenvalue weighted by molar-refractivity contribution is 0.0947. The quantitative estimate of drug-likeness (QED) is 0.743. The summed E-state index contributed by atoms with van der Waals surface area (Å²) in [4.78, 5) is 19.8. The molecule has 0 unspecified atom stereocenters. The first-order valence-electron chi connectivity index (χ1n) is 6.75. The lowest BCUT2D eigenvalue weighted by atomic mass is 10.3. The molecule has 1 heterocycles. The molecule has 0 bridgehead atoms. The molecule has 0 fully saturated rings. The molecule has 118 valence electrons. The van der Waals surface area contributed by atoms with Crippen LogP contribution in [-0.4, -0.2) is 54.0 Å². The Balaban J connectivity index is 2.43. The van der Waals surface area contributed by atoms with Crippen LogP contribution in [0.15, 0.2) is 12.4 Å². The van der Waals surface area contributed by atoms with Crippen molar-refractivity contribution in [1.29, 1.82) is 0 Å². The average molecular weight is 314 g/mol. The van der Waals surface area contributed by atoms with Gasteiger partial charge in [-0.3, -0.25) is 9.78 Å². The molecule has 0 aromatic carbocycles. The van der Waals surface area contributed by atoms with Gasteiger partial charge in [-0.25, -0.2) is 13.4 Å². The topological polar surface area (TPSA) is 92.3 Å². The third kappa shape index (κ3) is 5.76. The zero-order chi connectivity index (χ0) is 16.0. The summed E-state index contributed by atoms with van der Waals surface area (Å²) in [6.45, 7) is 6.19. The first-order valence-corrected chi connectivity index (χ1v) is 8.60. The number of amides is 1. The smallest absolute Gasteiger partial charge is 0.271 e. The lowest BCUT2D eigenvalue weighted by Crippen LogP contribution is -2.38. The zero-order valence-electron chi connectivity index (χ0n) is 12.8. The fraction of sp³-hybridized carbons (Fsp3) is 0.615. The Labute approximate surface area is 125 Å². The van der Waals surface area contributed by atoms with Gasteiger partial charge in [-0.2, -0.15) is 4.31 Å². The summed E-state index contributed by atoms with van der Waals surface area (Å²) in [7, 11) is -3.22. The Morgan fingerprint density at radius 2 is 2.00 bits per heavy atom. The minimum atomic E-state index is -3.22. The summed E-state index contributed by atoms with van der Waals surface area (Å²) in [5.74, 6) is -0.307. The number of aryl methyl sites for hydroxylation is 1. The monoisotopic (exact) mass is 314 g/mol. The van der Waals surface area contributed by atoms with E-state index in [0.717, 1.165) is 5.69 Å². The number of hydrogen-bond donors (Lipinski definition) is 1. The molecule has 0 aliphatic carbocycles. The summed E-state index contributed by atoms with van der Waals surface area (Å²) in [6, 6.07) is -0.0985. The number of carbonyl (C=O) groups is 1. The van der Waals surface area contributed by atoms with E-state index in [9.17, 15) is 13.2 Å². The van der Waals surface area contributed by atoms with Crippen LogP contribution in [0.3, 0.4) is 0 Å². The normalized spacial score (nSPS) is 11.9. The van der Waals surface area contributed by atoms with Crippen LogP contribution in [0.2, 0.25) is 0 Å². The number of sulfonamides is 1. The molecule has 0 saturated heterocycles. The van der Waals surface area contributed by atoms with Crippen LogP contribution in [0.5, 0.6) is 0 Å². The zero-order valence-corrected chi connectivity index (χ0v) is 13.6. The van der Waals surface area contributed by atoms with E-state index in [1.54, 1.807) is 6.92 Å². The summed E-state index contributed by atoms with van der Waals surface area (Å²) in [5, 5.41) is 2.70. The number of rotatable bonds is 7. The molecule has 1 amide bonds. The van der Waals surface area contributed by atoms with Gasteiger partial charge in [-0.05, 0) is 27.2 Å². The molecule has 1 rings (SSSR count). The Kier molecular flexibility index (Phi) is 6.22. The number of nitrogens with zero attached hydrogens (tertiary/aromatic N) is 3. The first kappa shape index (κ1) is 17.5. The molecule has 7 nitrogen and oxygen atoms in total.